The first-order valence-electron chi connectivity index (χ1n) is 6.59. The van der Waals surface area contributed by atoms with Gasteiger partial charge in [-0.05, 0) is 43.2 Å². The number of sulfonamides is 1. The molecular weight excluding hydrogens is 260 g/mol. The zero-order valence-electron chi connectivity index (χ0n) is 11.7. The topological polar surface area (TPSA) is 72.2 Å². The van der Waals surface area contributed by atoms with Crippen LogP contribution in [0.4, 0.5) is 5.69 Å². The predicted octanol–water partition coefficient (Wildman–Crippen LogP) is 2.43. The van der Waals surface area contributed by atoms with E-state index in [2.05, 4.69) is 18.6 Å². The molecule has 1 fully saturated rings. The van der Waals surface area contributed by atoms with Gasteiger partial charge in [0.25, 0.3) is 0 Å². The van der Waals surface area contributed by atoms with Crippen molar-refractivity contribution >= 4 is 15.7 Å². The molecule has 0 bridgehead atoms. The quantitative estimate of drug-likeness (QED) is 0.836. The number of nitrogens with two attached hydrogens (primary N) is 1. The molecule has 0 aliphatic heterocycles. The highest BCUT2D eigenvalue weighted by Gasteiger charge is 2.34. The molecule has 0 saturated heterocycles. The van der Waals surface area contributed by atoms with Crippen LogP contribution < -0.4 is 10.5 Å². The number of hydrogen-bond acceptors (Lipinski definition) is 3. The standard InChI is InChI=1S/C14H22N2O2S/c1-10-5-4-6-12(15)13(10)19(17,18)16-11-7-8-14(2,3)9-11/h4-6,11,16H,7-9,15H2,1-3H3. The van der Waals surface area contributed by atoms with Crippen molar-refractivity contribution in [2.24, 2.45) is 5.41 Å². The fraction of sp³-hybridized carbons (Fsp3) is 0.571. The normalized spacial score (nSPS) is 22.6. The SMILES string of the molecule is Cc1cccc(N)c1S(=O)(=O)NC1CCC(C)(C)C1. The number of anilines is 1. The van der Waals surface area contributed by atoms with E-state index in [1.54, 1.807) is 25.1 Å². The summed E-state index contributed by atoms with van der Waals surface area (Å²) < 4.78 is 27.7. The van der Waals surface area contributed by atoms with Crippen molar-refractivity contribution in [2.45, 2.75) is 51.0 Å². The molecule has 1 aliphatic carbocycles. The molecule has 1 aliphatic rings. The van der Waals surface area contributed by atoms with Crippen molar-refractivity contribution in [3.05, 3.63) is 23.8 Å². The van der Waals surface area contributed by atoms with E-state index in [-0.39, 0.29) is 16.4 Å². The fourth-order valence-electron chi connectivity index (χ4n) is 2.86. The van der Waals surface area contributed by atoms with Crippen LogP contribution in [0, 0.1) is 12.3 Å². The van der Waals surface area contributed by atoms with Crippen molar-refractivity contribution in [2.75, 3.05) is 5.73 Å². The molecule has 1 atom stereocenters. The molecule has 19 heavy (non-hydrogen) atoms. The number of benzene rings is 1. The first-order chi connectivity index (χ1) is 8.71. The maximum absolute atomic E-state index is 12.4. The molecule has 0 aromatic heterocycles. The predicted molar refractivity (Wildman–Crippen MR) is 77.3 cm³/mol. The lowest BCUT2D eigenvalue weighted by Gasteiger charge is -2.19. The summed E-state index contributed by atoms with van der Waals surface area (Å²) in [6.45, 7) is 6.11. The van der Waals surface area contributed by atoms with E-state index in [1.807, 2.05) is 0 Å². The van der Waals surface area contributed by atoms with Crippen LogP contribution >= 0.6 is 0 Å². The first kappa shape index (κ1) is 14.3. The lowest BCUT2D eigenvalue weighted by Crippen LogP contribution is -2.34. The van der Waals surface area contributed by atoms with Gasteiger partial charge in [-0.2, -0.15) is 0 Å². The molecule has 0 heterocycles. The third kappa shape index (κ3) is 3.09. The smallest absolute Gasteiger partial charge is 0.243 e. The van der Waals surface area contributed by atoms with Crippen LogP contribution in [0.3, 0.4) is 0 Å². The van der Waals surface area contributed by atoms with Crippen LogP contribution in [0.1, 0.15) is 38.7 Å². The highest BCUT2D eigenvalue weighted by atomic mass is 32.2. The maximum atomic E-state index is 12.4. The van der Waals surface area contributed by atoms with Gasteiger partial charge >= 0.3 is 0 Å². The van der Waals surface area contributed by atoms with E-state index in [0.717, 1.165) is 19.3 Å². The van der Waals surface area contributed by atoms with Gasteiger partial charge in [0.05, 0.1) is 5.69 Å². The summed E-state index contributed by atoms with van der Waals surface area (Å²) in [6.07, 6.45) is 2.81. The summed E-state index contributed by atoms with van der Waals surface area (Å²) >= 11 is 0. The van der Waals surface area contributed by atoms with Gasteiger partial charge in [-0.15, -0.1) is 0 Å². The Balaban J connectivity index is 2.25. The molecule has 4 nitrogen and oxygen atoms in total. The van der Waals surface area contributed by atoms with Gasteiger partial charge in [0.2, 0.25) is 10.0 Å². The van der Waals surface area contributed by atoms with Crippen molar-refractivity contribution < 1.29 is 8.42 Å². The molecule has 1 aromatic rings. The van der Waals surface area contributed by atoms with Crippen LogP contribution in [-0.2, 0) is 10.0 Å². The minimum atomic E-state index is -3.53. The van der Waals surface area contributed by atoms with E-state index in [1.165, 1.54) is 0 Å². The Bertz CT molecular complexity index is 559. The Morgan fingerprint density at radius 2 is 2.05 bits per heavy atom. The maximum Gasteiger partial charge on any atom is 0.243 e. The third-order valence-corrected chi connectivity index (χ3v) is 5.54. The molecule has 0 radical (unpaired) electrons. The zero-order chi connectivity index (χ0) is 14.3. The highest BCUT2D eigenvalue weighted by Crippen LogP contribution is 2.37. The van der Waals surface area contributed by atoms with Crippen LogP contribution in [0.25, 0.3) is 0 Å². The van der Waals surface area contributed by atoms with Gasteiger partial charge in [-0.25, -0.2) is 13.1 Å². The number of nitrogens with one attached hydrogen (secondary N) is 1. The van der Waals surface area contributed by atoms with E-state index >= 15 is 0 Å². The summed E-state index contributed by atoms with van der Waals surface area (Å²) in [5, 5.41) is 0. The van der Waals surface area contributed by atoms with Gasteiger partial charge in [0.15, 0.2) is 0 Å². The monoisotopic (exact) mass is 282 g/mol. The molecule has 0 amide bonds. The van der Waals surface area contributed by atoms with Crippen LogP contribution in [0.5, 0.6) is 0 Å². The largest absolute Gasteiger partial charge is 0.398 e. The third-order valence-electron chi connectivity index (χ3n) is 3.80. The van der Waals surface area contributed by atoms with Crippen molar-refractivity contribution in [1.29, 1.82) is 0 Å². The van der Waals surface area contributed by atoms with Gasteiger partial charge < -0.3 is 5.73 Å². The van der Waals surface area contributed by atoms with Crippen molar-refractivity contribution in [1.82, 2.24) is 4.72 Å². The van der Waals surface area contributed by atoms with E-state index in [9.17, 15) is 8.42 Å². The molecule has 106 valence electrons. The molecule has 1 unspecified atom stereocenters. The summed E-state index contributed by atoms with van der Waals surface area (Å²) in [7, 11) is -3.53. The zero-order valence-corrected chi connectivity index (χ0v) is 12.5. The van der Waals surface area contributed by atoms with E-state index < -0.39 is 10.0 Å². The second kappa shape index (κ2) is 4.80. The number of rotatable bonds is 3. The van der Waals surface area contributed by atoms with Crippen molar-refractivity contribution in [3.63, 3.8) is 0 Å². The Morgan fingerprint density at radius 1 is 1.37 bits per heavy atom. The molecule has 1 aromatic carbocycles. The molecule has 5 heteroatoms. The van der Waals surface area contributed by atoms with Crippen LogP contribution in [0.15, 0.2) is 23.1 Å². The highest BCUT2D eigenvalue weighted by molar-refractivity contribution is 7.89. The average molecular weight is 282 g/mol. The molecule has 3 N–H and O–H groups in total. The summed E-state index contributed by atoms with van der Waals surface area (Å²) in [4.78, 5) is 0.222. The van der Waals surface area contributed by atoms with Gasteiger partial charge in [-0.3, -0.25) is 0 Å². The second-order valence-corrected chi connectivity index (χ2v) is 7.87. The lowest BCUT2D eigenvalue weighted by atomic mass is 9.92. The number of nitrogen functional groups attached to an aromatic ring is 1. The molecule has 1 saturated carbocycles. The van der Waals surface area contributed by atoms with Gasteiger partial charge in [0.1, 0.15) is 4.90 Å². The molecule has 0 spiro atoms. The fourth-order valence-corrected chi connectivity index (χ4v) is 4.49. The first-order valence-corrected chi connectivity index (χ1v) is 8.07. The molecular formula is C14H22N2O2S. The van der Waals surface area contributed by atoms with Gasteiger partial charge in [-0.1, -0.05) is 26.0 Å². The number of aryl methyl sites for hydroxylation is 1. The van der Waals surface area contributed by atoms with Crippen LogP contribution in [-0.4, -0.2) is 14.5 Å². The lowest BCUT2D eigenvalue weighted by molar-refractivity contribution is 0.372. The molecule has 2 rings (SSSR count). The van der Waals surface area contributed by atoms with Crippen molar-refractivity contribution in [3.8, 4) is 0 Å². The Kier molecular flexibility index (Phi) is 3.62. The summed E-state index contributed by atoms with van der Waals surface area (Å²) in [5.74, 6) is 0. The summed E-state index contributed by atoms with van der Waals surface area (Å²) in [5.41, 5.74) is 7.02. The average Bonchev–Trinajstić information content (AvgIpc) is 2.56. The second-order valence-electron chi connectivity index (χ2n) is 6.22. The Labute approximate surface area is 115 Å². The minimum absolute atomic E-state index is 0.0130. The Morgan fingerprint density at radius 3 is 2.58 bits per heavy atom. The minimum Gasteiger partial charge on any atom is -0.398 e. The number of hydrogen-bond donors (Lipinski definition) is 2. The van der Waals surface area contributed by atoms with Gasteiger partial charge in [0, 0.05) is 6.04 Å². The van der Waals surface area contributed by atoms with Crippen LogP contribution in [0.2, 0.25) is 0 Å². The van der Waals surface area contributed by atoms with E-state index in [0.29, 0.717) is 11.3 Å². The summed E-state index contributed by atoms with van der Waals surface area (Å²) in [6, 6.07) is 5.17. The Hall–Kier alpha value is -1.07. The van der Waals surface area contributed by atoms with E-state index in [4.69, 9.17) is 5.73 Å².